The molecule has 168 valence electrons. The molecule has 7 N–H and O–H groups in total. The number of nitrogens with two attached hydrogens (primary N) is 1. The summed E-state index contributed by atoms with van der Waals surface area (Å²) in [5.74, 6) is -0.0407. The number of rotatable bonds is 12. The summed E-state index contributed by atoms with van der Waals surface area (Å²) in [6, 6.07) is 22.8. The molecule has 7 heteroatoms. The highest BCUT2D eigenvalue weighted by atomic mass is 16.3. The summed E-state index contributed by atoms with van der Waals surface area (Å²) in [5, 5.41) is 29.1. The molecule has 1 unspecified atom stereocenters. The van der Waals surface area contributed by atoms with Gasteiger partial charge in [0.1, 0.15) is 5.75 Å². The molecule has 0 fully saturated rings. The molecule has 1 amide bonds. The second-order valence-electron chi connectivity index (χ2n) is 7.60. The van der Waals surface area contributed by atoms with Crippen LogP contribution in [0.4, 0.5) is 11.4 Å². The quantitative estimate of drug-likeness (QED) is 0.148. The number of aliphatic hydroxyl groups is 1. The van der Waals surface area contributed by atoms with E-state index in [1.54, 1.807) is 12.1 Å². The largest absolute Gasteiger partial charge is 0.506 e. The lowest BCUT2D eigenvalue weighted by Gasteiger charge is -2.15. The first kappa shape index (κ1) is 23.3. The van der Waals surface area contributed by atoms with Crippen molar-refractivity contribution in [2.24, 2.45) is 5.73 Å². The fourth-order valence-corrected chi connectivity index (χ4v) is 3.36. The zero-order chi connectivity index (χ0) is 22.8. The molecule has 0 radical (unpaired) electrons. The van der Waals surface area contributed by atoms with Gasteiger partial charge in [-0.1, -0.05) is 48.5 Å². The van der Waals surface area contributed by atoms with E-state index in [2.05, 4.69) is 28.1 Å². The standard InChI is InChI=1S/C25H30N4O3/c26-22(19-4-2-1-3-5-19)15-28-21-9-6-18(7-10-21)12-13-27-16-25(32)20-8-11-24(31)23(14-20)29-17-30/h1-11,14,17,22,25,27-28,31-32H,12-13,15-16,26H2,(H,29,30)/t22?,25-/m0/s1. The van der Waals surface area contributed by atoms with Gasteiger partial charge < -0.3 is 31.9 Å². The number of hydrogen-bond donors (Lipinski definition) is 6. The van der Waals surface area contributed by atoms with Gasteiger partial charge in [-0.2, -0.15) is 0 Å². The Kier molecular flexibility index (Phi) is 8.62. The Hall–Kier alpha value is -3.39. The lowest BCUT2D eigenvalue weighted by Crippen LogP contribution is -2.23. The van der Waals surface area contributed by atoms with Crippen molar-refractivity contribution in [2.75, 3.05) is 30.3 Å². The first-order valence-electron chi connectivity index (χ1n) is 10.6. The van der Waals surface area contributed by atoms with Crippen LogP contribution in [0.25, 0.3) is 0 Å². The Morgan fingerprint density at radius 2 is 1.69 bits per heavy atom. The highest BCUT2D eigenvalue weighted by Gasteiger charge is 2.10. The SMILES string of the molecule is NC(CNc1ccc(CCNC[C@H](O)c2ccc(O)c(NC=O)c2)cc1)c1ccccc1. The van der Waals surface area contributed by atoms with E-state index in [9.17, 15) is 15.0 Å². The number of hydrogen-bond acceptors (Lipinski definition) is 6. The van der Waals surface area contributed by atoms with E-state index in [1.165, 1.54) is 11.6 Å². The van der Waals surface area contributed by atoms with Crippen LogP contribution >= 0.6 is 0 Å². The Morgan fingerprint density at radius 3 is 2.41 bits per heavy atom. The minimum absolute atomic E-state index is 0.0407. The van der Waals surface area contributed by atoms with Gasteiger partial charge in [-0.15, -0.1) is 0 Å². The molecule has 3 aromatic rings. The van der Waals surface area contributed by atoms with Gasteiger partial charge in [0.25, 0.3) is 0 Å². The molecule has 2 atom stereocenters. The summed E-state index contributed by atoms with van der Waals surface area (Å²) in [4.78, 5) is 10.6. The molecular weight excluding hydrogens is 404 g/mol. The maximum absolute atomic E-state index is 10.6. The van der Waals surface area contributed by atoms with E-state index in [1.807, 2.05) is 42.5 Å². The molecule has 0 bridgehead atoms. The number of phenols is 1. The third-order valence-electron chi connectivity index (χ3n) is 5.26. The lowest BCUT2D eigenvalue weighted by molar-refractivity contribution is -0.105. The topological polar surface area (TPSA) is 120 Å². The second kappa shape index (κ2) is 11.9. The highest BCUT2D eigenvalue weighted by Crippen LogP contribution is 2.26. The van der Waals surface area contributed by atoms with Gasteiger partial charge in [-0.05, 0) is 53.9 Å². The number of benzene rings is 3. The van der Waals surface area contributed by atoms with Crippen LogP contribution in [0.5, 0.6) is 5.75 Å². The van der Waals surface area contributed by atoms with Crippen molar-refractivity contribution < 1.29 is 15.0 Å². The summed E-state index contributed by atoms with van der Waals surface area (Å²) in [5.41, 5.74) is 10.4. The van der Waals surface area contributed by atoms with Crippen molar-refractivity contribution in [1.29, 1.82) is 0 Å². The fourth-order valence-electron chi connectivity index (χ4n) is 3.36. The molecule has 0 spiro atoms. The summed E-state index contributed by atoms with van der Waals surface area (Å²) in [6.45, 7) is 1.73. The van der Waals surface area contributed by atoms with Crippen LogP contribution < -0.4 is 21.7 Å². The minimum atomic E-state index is -0.747. The first-order valence-corrected chi connectivity index (χ1v) is 10.6. The molecule has 7 nitrogen and oxygen atoms in total. The zero-order valence-electron chi connectivity index (χ0n) is 17.9. The van der Waals surface area contributed by atoms with Gasteiger partial charge in [0.15, 0.2) is 0 Å². The molecular formula is C25H30N4O3. The van der Waals surface area contributed by atoms with Crippen molar-refractivity contribution in [2.45, 2.75) is 18.6 Å². The monoisotopic (exact) mass is 434 g/mol. The predicted octanol–water partition coefficient (Wildman–Crippen LogP) is 2.94. The molecule has 3 rings (SSSR count). The Balaban J connectivity index is 1.40. The van der Waals surface area contributed by atoms with Crippen molar-refractivity contribution in [1.82, 2.24) is 5.32 Å². The number of aliphatic hydroxyl groups excluding tert-OH is 1. The van der Waals surface area contributed by atoms with Crippen molar-refractivity contribution in [3.63, 3.8) is 0 Å². The van der Waals surface area contributed by atoms with Crippen LogP contribution in [0.15, 0.2) is 72.8 Å². The Labute approximate surface area is 188 Å². The first-order chi connectivity index (χ1) is 15.6. The maximum Gasteiger partial charge on any atom is 0.211 e. The van der Waals surface area contributed by atoms with Crippen LogP contribution in [0, 0.1) is 0 Å². The maximum atomic E-state index is 10.6. The van der Waals surface area contributed by atoms with E-state index in [-0.39, 0.29) is 17.5 Å². The van der Waals surface area contributed by atoms with Crippen LogP contribution in [-0.2, 0) is 11.2 Å². The van der Waals surface area contributed by atoms with Crippen LogP contribution in [0.1, 0.15) is 28.8 Å². The van der Waals surface area contributed by atoms with Gasteiger partial charge in [-0.3, -0.25) is 4.79 Å². The number of aromatic hydroxyl groups is 1. The van der Waals surface area contributed by atoms with E-state index in [0.29, 0.717) is 31.6 Å². The van der Waals surface area contributed by atoms with Crippen LogP contribution in [0.2, 0.25) is 0 Å². The smallest absolute Gasteiger partial charge is 0.211 e. The van der Waals surface area contributed by atoms with Gasteiger partial charge in [-0.25, -0.2) is 0 Å². The van der Waals surface area contributed by atoms with E-state index < -0.39 is 6.10 Å². The third-order valence-corrected chi connectivity index (χ3v) is 5.26. The van der Waals surface area contributed by atoms with Crippen LogP contribution in [-0.4, -0.2) is 36.3 Å². The Morgan fingerprint density at radius 1 is 0.938 bits per heavy atom. The molecule has 0 saturated carbocycles. The highest BCUT2D eigenvalue weighted by molar-refractivity contribution is 5.75. The van der Waals surface area contributed by atoms with Crippen molar-refractivity contribution in [3.8, 4) is 5.75 Å². The fraction of sp³-hybridized carbons (Fsp3) is 0.240. The number of carbonyl (C=O) groups excluding carboxylic acids is 1. The molecule has 0 aliphatic rings. The van der Waals surface area contributed by atoms with Crippen molar-refractivity contribution in [3.05, 3.63) is 89.5 Å². The number of phenolic OH excluding ortho intramolecular Hbond substituents is 1. The van der Waals surface area contributed by atoms with Crippen LogP contribution in [0.3, 0.4) is 0 Å². The normalized spacial score (nSPS) is 12.7. The van der Waals surface area contributed by atoms with Gasteiger partial charge in [0, 0.05) is 24.8 Å². The Bertz CT molecular complexity index is 980. The molecule has 0 aliphatic carbocycles. The minimum Gasteiger partial charge on any atom is -0.506 e. The van der Waals surface area contributed by atoms with Gasteiger partial charge in [0.05, 0.1) is 11.8 Å². The summed E-state index contributed by atoms with van der Waals surface area (Å²) in [6.07, 6.45) is 0.564. The average Bonchev–Trinajstić information content (AvgIpc) is 2.83. The third kappa shape index (κ3) is 6.81. The molecule has 32 heavy (non-hydrogen) atoms. The summed E-state index contributed by atoms with van der Waals surface area (Å²) in [7, 11) is 0. The summed E-state index contributed by atoms with van der Waals surface area (Å²) < 4.78 is 0. The molecule has 0 saturated heterocycles. The number of nitrogens with one attached hydrogen (secondary N) is 3. The predicted molar refractivity (Wildman–Crippen MR) is 128 cm³/mol. The lowest BCUT2D eigenvalue weighted by atomic mass is 10.1. The zero-order valence-corrected chi connectivity index (χ0v) is 17.9. The second-order valence-corrected chi connectivity index (χ2v) is 7.60. The number of amides is 1. The van der Waals surface area contributed by atoms with Gasteiger partial charge in [0.2, 0.25) is 6.41 Å². The van der Waals surface area contributed by atoms with E-state index >= 15 is 0 Å². The van der Waals surface area contributed by atoms with E-state index in [4.69, 9.17) is 5.73 Å². The van der Waals surface area contributed by atoms with E-state index in [0.717, 1.165) is 17.7 Å². The molecule has 0 heterocycles. The molecule has 3 aromatic carbocycles. The van der Waals surface area contributed by atoms with Gasteiger partial charge >= 0.3 is 0 Å². The number of carbonyl (C=O) groups is 1. The molecule has 0 aromatic heterocycles. The summed E-state index contributed by atoms with van der Waals surface area (Å²) >= 11 is 0. The average molecular weight is 435 g/mol. The van der Waals surface area contributed by atoms with Crippen molar-refractivity contribution >= 4 is 17.8 Å². The molecule has 0 aliphatic heterocycles. The number of anilines is 2.